The first-order chi connectivity index (χ1) is 11.5. The van der Waals surface area contributed by atoms with Gasteiger partial charge in [0.15, 0.2) is 0 Å². The lowest BCUT2D eigenvalue weighted by molar-refractivity contribution is 0.0933. The van der Waals surface area contributed by atoms with Gasteiger partial charge in [-0.25, -0.2) is 17.5 Å². The van der Waals surface area contributed by atoms with E-state index in [1.165, 1.54) is 18.9 Å². The number of hydrogen-bond donors (Lipinski definition) is 2. The summed E-state index contributed by atoms with van der Waals surface area (Å²) in [5, 5.41) is 2.95. The second-order valence-corrected chi connectivity index (χ2v) is 8.39. The van der Waals surface area contributed by atoms with Gasteiger partial charge in [0.1, 0.15) is 10.7 Å². The van der Waals surface area contributed by atoms with Crippen molar-refractivity contribution in [2.24, 2.45) is 0 Å². The maximum absolute atomic E-state index is 14.0. The zero-order valence-electron chi connectivity index (χ0n) is 13.6. The van der Waals surface area contributed by atoms with Crippen LogP contribution in [-0.2, 0) is 10.0 Å². The van der Waals surface area contributed by atoms with Crippen molar-refractivity contribution >= 4 is 15.9 Å². The molecule has 0 heterocycles. The molecule has 7 heteroatoms. The van der Waals surface area contributed by atoms with Crippen LogP contribution < -0.4 is 10.0 Å². The fraction of sp³-hybridized carbons (Fsp3) is 0.588. The molecule has 2 saturated carbocycles. The molecule has 0 unspecified atom stereocenters. The van der Waals surface area contributed by atoms with Gasteiger partial charge in [0.25, 0.3) is 5.91 Å². The number of carbonyl (C=O) groups is 1. The summed E-state index contributed by atoms with van der Waals surface area (Å²) in [6.45, 7) is 0. The molecule has 5 nitrogen and oxygen atoms in total. The first kappa shape index (κ1) is 17.4. The summed E-state index contributed by atoms with van der Waals surface area (Å²) < 4.78 is 40.9. The number of amides is 1. The second-order valence-electron chi connectivity index (χ2n) is 6.70. The number of benzene rings is 1. The van der Waals surface area contributed by atoms with Crippen molar-refractivity contribution in [2.45, 2.75) is 68.3 Å². The molecular formula is C17H23FN2O3S. The Labute approximate surface area is 142 Å². The van der Waals surface area contributed by atoms with Crippen LogP contribution in [0, 0.1) is 5.82 Å². The number of rotatable bonds is 5. The molecule has 2 aliphatic rings. The zero-order valence-corrected chi connectivity index (χ0v) is 14.4. The minimum atomic E-state index is -3.93. The van der Waals surface area contributed by atoms with Crippen LogP contribution in [0.3, 0.4) is 0 Å². The highest BCUT2D eigenvalue weighted by Crippen LogP contribution is 2.24. The molecular weight excluding hydrogens is 331 g/mol. The summed E-state index contributed by atoms with van der Waals surface area (Å²) in [5.74, 6) is -1.18. The highest BCUT2D eigenvalue weighted by Gasteiger charge is 2.30. The molecule has 1 aromatic carbocycles. The number of carbonyl (C=O) groups excluding carboxylic acids is 1. The summed E-state index contributed by atoms with van der Waals surface area (Å²) in [4.78, 5) is 11.9. The van der Waals surface area contributed by atoms with Gasteiger partial charge in [-0.2, -0.15) is 0 Å². The van der Waals surface area contributed by atoms with Gasteiger partial charge in [-0.3, -0.25) is 4.79 Å². The molecule has 132 valence electrons. The van der Waals surface area contributed by atoms with Gasteiger partial charge < -0.3 is 5.32 Å². The summed E-state index contributed by atoms with van der Waals surface area (Å²) in [7, 11) is -3.93. The van der Waals surface area contributed by atoms with Crippen LogP contribution in [-0.4, -0.2) is 26.4 Å². The smallest absolute Gasteiger partial charge is 0.251 e. The molecule has 0 aromatic heterocycles. The SMILES string of the molecule is O=C(NC1CCCCCC1)c1ccc(F)c(S(=O)(=O)NC2CC2)c1. The quantitative estimate of drug-likeness (QED) is 0.799. The van der Waals surface area contributed by atoms with Crippen molar-refractivity contribution in [1.29, 1.82) is 0 Å². The molecule has 0 bridgehead atoms. The van der Waals surface area contributed by atoms with Crippen molar-refractivity contribution in [1.82, 2.24) is 10.0 Å². The molecule has 2 aliphatic carbocycles. The molecule has 0 aliphatic heterocycles. The van der Waals surface area contributed by atoms with Crippen molar-refractivity contribution in [3.63, 3.8) is 0 Å². The summed E-state index contributed by atoms with van der Waals surface area (Å²) >= 11 is 0. The van der Waals surface area contributed by atoms with Crippen LogP contribution >= 0.6 is 0 Å². The molecule has 1 aromatic rings. The predicted molar refractivity (Wildman–Crippen MR) is 88.7 cm³/mol. The molecule has 0 saturated heterocycles. The van der Waals surface area contributed by atoms with Crippen LogP contribution in [0.2, 0.25) is 0 Å². The van der Waals surface area contributed by atoms with Crippen molar-refractivity contribution in [3.05, 3.63) is 29.6 Å². The van der Waals surface area contributed by atoms with E-state index in [2.05, 4.69) is 10.0 Å². The van der Waals surface area contributed by atoms with Gasteiger partial charge in [-0.15, -0.1) is 0 Å². The molecule has 3 rings (SSSR count). The maximum Gasteiger partial charge on any atom is 0.251 e. The van der Waals surface area contributed by atoms with E-state index >= 15 is 0 Å². The molecule has 0 radical (unpaired) electrons. The van der Waals surface area contributed by atoms with Gasteiger partial charge >= 0.3 is 0 Å². The zero-order chi connectivity index (χ0) is 17.2. The Balaban J connectivity index is 1.75. The first-order valence-corrected chi connectivity index (χ1v) is 10.1. The molecule has 0 spiro atoms. The van der Waals surface area contributed by atoms with Crippen molar-refractivity contribution < 1.29 is 17.6 Å². The van der Waals surface area contributed by atoms with Crippen LogP contribution in [0.5, 0.6) is 0 Å². The van der Waals surface area contributed by atoms with Crippen molar-refractivity contribution in [2.75, 3.05) is 0 Å². The van der Waals surface area contributed by atoms with Crippen LogP contribution in [0.1, 0.15) is 61.7 Å². The van der Waals surface area contributed by atoms with Crippen molar-refractivity contribution in [3.8, 4) is 0 Å². The maximum atomic E-state index is 14.0. The minimum absolute atomic E-state index is 0.106. The van der Waals surface area contributed by atoms with E-state index in [0.717, 1.165) is 50.7 Å². The van der Waals surface area contributed by atoms with E-state index in [0.29, 0.717) is 0 Å². The van der Waals surface area contributed by atoms with E-state index in [4.69, 9.17) is 0 Å². The summed E-state index contributed by atoms with van der Waals surface area (Å²) in [6.07, 6.45) is 7.92. The largest absolute Gasteiger partial charge is 0.349 e. The summed E-state index contributed by atoms with van der Waals surface area (Å²) in [5.41, 5.74) is 0.178. The van der Waals surface area contributed by atoms with Gasteiger partial charge in [-0.1, -0.05) is 25.7 Å². The van der Waals surface area contributed by atoms with Crippen LogP contribution in [0.15, 0.2) is 23.1 Å². The minimum Gasteiger partial charge on any atom is -0.349 e. The fourth-order valence-electron chi connectivity index (χ4n) is 3.03. The van der Waals surface area contributed by atoms with E-state index in [-0.39, 0.29) is 23.6 Å². The Kier molecular flexibility index (Phi) is 5.20. The number of nitrogens with one attached hydrogen (secondary N) is 2. The Morgan fingerprint density at radius 2 is 1.67 bits per heavy atom. The summed E-state index contributed by atoms with van der Waals surface area (Å²) in [6, 6.07) is 3.50. The normalized spacial score (nSPS) is 19.7. The molecule has 2 fully saturated rings. The first-order valence-electron chi connectivity index (χ1n) is 8.58. The standard InChI is InChI=1S/C17H23FN2O3S/c18-15-10-7-12(11-16(15)24(22,23)20-14-8-9-14)17(21)19-13-5-3-1-2-4-6-13/h7,10-11,13-14,20H,1-6,8-9H2,(H,19,21). The number of hydrogen-bond acceptors (Lipinski definition) is 3. The lowest BCUT2D eigenvalue weighted by Crippen LogP contribution is -2.34. The van der Waals surface area contributed by atoms with E-state index in [9.17, 15) is 17.6 Å². The van der Waals surface area contributed by atoms with Gasteiger partial charge in [-0.05, 0) is 43.9 Å². The average molecular weight is 354 g/mol. The highest BCUT2D eigenvalue weighted by molar-refractivity contribution is 7.89. The lowest BCUT2D eigenvalue weighted by atomic mass is 10.1. The van der Waals surface area contributed by atoms with E-state index in [1.54, 1.807) is 0 Å². The molecule has 2 N–H and O–H groups in total. The second kappa shape index (κ2) is 7.19. The van der Waals surface area contributed by atoms with Gasteiger partial charge in [0.2, 0.25) is 10.0 Å². The number of halogens is 1. The Morgan fingerprint density at radius 1 is 1.00 bits per heavy atom. The third kappa shape index (κ3) is 4.33. The predicted octanol–water partition coefficient (Wildman–Crippen LogP) is 2.72. The fourth-order valence-corrected chi connectivity index (χ4v) is 4.44. The third-order valence-electron chi connectivity index (χ3n) is 4.57. The lowest BCUT2D eigenvalue weighted by Gasteiger charge is -2.16. The number of sulfonamides is 1. The molecule has 0 atom stereocenters. The van der Waals surface area contributed by atoms with E-state index in [1.807, 2.05) is 0 Å². The third-order valence-corrected chi connectivity index (χ3v) is 6.11. The highest BCUT2D eigenvalue weighted by atomic mass is 32.2. The van der Waals surface area contributed by atoms with E-state index < -0.39 is 20.7 Å². The Bertz CT molecular complexity index is 709. The van der Waals surface area contributed by atoms with Gasteiger partial charge in [0.05, 0.1) is 0 Å². The van der Waals surface area contributed by atoms with Crippen LogP contribution in [0.25, 0.3) is 0 Å². The van der Waals surface area contributed by atoms with Gasteiger partial charge in [0, 0.05) is 17.6 Å². The topological polar surface area (TPSA) is 75.3 Å². The molecule has 24 heavy (non-hydrogen) atoms. The molecule has 1 amide bonds. The Morgan fingerprint density at radius 3 is 2.29 bits per heavy atom. The van der Waals surface area contributed by atoms with Crippen LogP contribution in [0.4, 0.5) is 4.39 Å². The Hall–Kier alpha value is -1.47. The monoisotopic (exact) mass is 354 g/mol. The average Bonchev–Trinajstić information content (AvgIpc) is 3.35.